The van der Waals surface area contributed by atoms with Gasteiger partial charge in [0.15, 0.2) is 0 Å². The molecule has 2 aromatic rings. The molecule has 0 unspecified atom stereocenters. The Bertz CT molecular complexity index is 846. The van der Waals surface area contributed by atoms with E-state index in [-0.39, 0.29) is 11.3 Å². The third-order valence-electron chi connectivity index (χ3n) is 6.87. The van der Waals surface area contributed by atoms with Crippen LogP contribution in [-0.2, 0) is 17.4 Å². The molecule has 0 bridgehead atoms. The topological polar surface area (TPSA) is 73.6 Å². The van der Waals surface area contributed by atoms with Crippen LogP contribution in [0.25, 0.3) is 0 Å². The fraction of sp³-hybridized carbons (Fsp3) is 0.571. The zero-order valence-electron chi connectivity index (χ0n) is 15.6. The molecule has 0 radical (unpaired) electrons. The lowest BCUT2D eigenvalue weighted by atomic mass is 9.49. The molecule has 1 aromatic heterocycles. The lowest BCUT2D eigenvalue weighted by Crippen LogP contribution is -2.62. The fourth-order valence-corrected chi connectivity index (χ4v) is 6.47. The van der Waals surface area contributed by atoms with Crippen molar-refractivity contribution in [3.8, 4) is 5.75 Å². The van der Waals surface area contributed by atoms with E-state index in [1.165, 1.54) is 22.5 Å². The maximum atomic E-state index is 11.6. The van der Waals surface area contributed by atoms with E-state index in [1.54, 1.807) is 13.0 Å². The van der Waals surface area contributed by atoms with Gasteiger partial charge in [-0.3, -0.25) is 0 Å². The van der Waals surface area contributed by atoms with E-state index in [0.29, 0.717) is 23.6 Å². The minimum atomic E-state index is -1.32. The number of aromatic nitrogens is 1. The molecule has 1 saturated carbocycles. The molecule has 0 spiro atoms. The summed E-state index contributed by atoms with van der Waals surface area (Å²) in [7, 11) is 0. The maximum Gasteiger partial charge on any atom is 0.144 e. The van der Waals surface area contributed by atoms with E-state index in [0.717, 1.165) is 25.0 Å². The summed E-state index contributed by atoms with van der Waals surface area (Å²) in [6, 6.07) is 5.63. The first kappa shape index (κ1) is 18.0. The third kappa shape index (κ3) is 2.37. The smallest absolute Gasteiger partial charge is 0.144 e. The van der Waals surface area contributed by atoms with Crippen molar-refractivity contribution in [1.29, 1.82) is 0 Å². The second-order valence-electron chi connectivity index (χ2n) is 8.40. The van der Waals surface area contributed by atoms with Crippen molar-refractivity contribution in [1.82, 2.24) is 4.98 Å². The Kier molecular flexibility index (Phi) is 3.99. The summed E-state index contributed by atoms with van der Waals surface area (Å²) in [5.41, 5.74) is 0.524. The molecular weight excluding hydrogens is 346 g/mol. The number of phenols is 1. The van der Waals surface area contributed by atoms with Crippen LogP contribution in [0.4, 0.5) is 0 Å². The molecule has 2 aliphatic rings. The van der Waals surface area contributed by atoms with Gasteiger partial charge < -0.3 is 15.3 Å². The van der Waals surface area contributed by atoms with Crippen LogP contribution in [0.2, 0.25) is 0 Å². The fourth-order valence-electron chi connectivity index (χ4n) is 5.44. The summed E-state index contributed by atoms with van der Waals surface area (Å²) < 4.78 is 0. The van der Waals surface area contributed by atoms with Gasteiger partial charge in [-0.1, -0.05) is 13.0 Å². The molecule has 1 aromatic carbocycles. The third-order valence-corrected chi connectivity index (χ3v) is 7.98. The van der Waals surface area contributed by atoms with Gasteiger partial charge >= 0.3 is 0 Å². The quantitative estimate of drug-likeness (QED) is 0.749. The second-order valence-corrected chi connectivity index (χ2v) is 9.25. The molecule has 4 atom stereocenters. The minimum absolute atomic E-state index is 0.177. The first-order valence-electron chi connectivity index (χ1n) is 9.41. The zero-order valence-corrected chi connectivity index (χ0v) is 16.4. The predicted octanol–water partition coefficient (Wildman–Crippen LogP) is 3.80. The monoisotopic (exact) mass is 373 g/mol. The standard InChI is InChI=1S/C21H27NO3S/c1-4-20-12-19(3,24)21(25,18-22-13(2)11-26-18)10-15(20)6-5-14-9-16(23)7-8-17(14)20/h7-9,11,15,23-25H,4-6,10,12H2,1-3H3/t15-,19-,20-,21+/m1/s1. The Morgan fingerprint density at radius 2 is 2.08 bits per heavy atom. The molecule has 0 saturated heterocycles. The summed E-state index contributed by atoms with van der Waals surface area (Å²) in [4.78, 5) is 4.52. The molecule has 2 aliphatic carbocycles. The molecule has 140 valence electrons. The highest BCUT2D eigenvalue weighted by molar-refractivity contribution is 7.09. The highest BCUT2D eigenvalue weighted by Crippen LogP contribution is 2.60. The van der Waals surface area contributed by atoms with Crippen LogP contribution in [0.3, 0.4) is 0 Å². The van der Waals surface area contributed by atoms with Crippen molar-refractivity contribution in [3.63, 3.8) is 0 Å². The summed E-state index contributed by atoms with van der Waals surface area (Å²) >= 11 is 1.44. The summed E-state index contributed by atoms with van der Waals surface area (Å²) in [6.45, 7) is 5.84. The van der Waals surface area contributed by atoms with E-state index < -0.39 is 11.2 Å². The average Bonchev–Trinajstić information content (AvgIpc) is 3.02. The normalized spacial score (nSPS) is 36.4. The molecular formula is C21H27NO3S. The van der Waals surface area contributed by atoms with Crippen molar-refractivity contribution in [2.24, 2.45) is 5.92 Å². The largest absolute Gasteiger partial charge is 0.508 e. The van der Waals surface area contributed by atoms with Crippen LogP contribution in [0.15, 0.2) is 23.6 Å². The van der Waals surface area contributed by atoms with Gasteiger partial charge in [0.1, 0.15) is 16.4 Å². The van der Waals surface area contributed by atoms with E-state index >= 15 is 0 Å². The first-order chi connectivity index (χ1) is 12.2. The first-order valence-corrected chi connectivity index (χ1v) is 10.3. The van der Waals surface area contributed by atoms with Crippen LogP contribution < -0.4 is 0 Å². The highest BCUT2D eigenvalue weighted by Gasteiger charge is 2.61. The maximum absolute atomic E-state index is 11.6. The van der Waals surface area contributed by atoms with Gasteiger partial charge in [-0.05, 0) is 75.1 Å². The lowest BCUT2D eigenvalue weighted by Gasteiger charge is -2.58. The van der Waals surface area contributed by atoms with Gasteiger partial charge in [-0.25, -0.2) is 4.98 Å². The molecule has 3 N–H and O–H groups in total. The number of hydrogen-bond acceptors (Lipinski definition) is 5. The molecule has 0 aliphatic heterocycles. The van der Waals surface area contributed by atoms with E-state index in [9.17, 15) is 15.3 Å². The van der Waals surface area contributed by atoms with Crippen LogP contribution in [0.5, 0.6) is 5.75 Å². The molecule has 5 heteroatoms. The minimum Gasteiger partial charge on any atom is -0.508 e. The van der Waals surface area contributed by atoms with Gasteiger partial charge in [0, 0.05) is 16.5 Å². The number of aromatic hydroxyl groups is 1. The van der Waals surface area contributed by atoms with Crippen molar-refractivity contribution >= 4 is 11.3 Å². The van der Waals surface area contributed by atoms with Gasteiger partial charge in [-0.15, -0.1) is 11.3 Å². The van der Waals surface area contributed by atoms with E-state index in [4.69, 9.17) is 0 Å². The number of nitrogens with zero attached hydrogens (tertiary/aromatic N) is 1. The van der Waals surface area contributed by atoms with Gasteiger partial charge in [0.05, 0.1) is 5.60 Å². The van der Waals surface area contributed by atoms with Crippen molar-refractivity contribution < 1.29 is 15.3 Å². The number of benzene rings is 1. The number of aliphatic hydroxyl groups is 2. The van der Waals surface area contributed by atoms with Crippen LogP contribution in [0, 0.1) is 12.8 Å². The Morgan fingerprint density at radius 1 is 1.31 bits per heavy atom. The van der Waals surface area contributed by atoms with Crippen molar-refractivity contribution in [2.45, 2.75) is 69.5 Å². The highest BCUT2D eigenvalue weighted by atomic mass is 32.1. The van der Waals surface area contributed by atoms with Crippen LogP contribution in [-0.4, -0.2) is 25.9 Å². The van der Waals surface area contributed by atoms with E-state index in [2.05, 4.69) is 11.9 Å². The van der Waals surface area contributed by atoms with Crippen LogP contribution in [0.1, 0.15) is 61.4 Å². The Hall–Kier alpha value is -1.43. The molecule has 4 rings (SSSR count). The molecule has 1 heterocycles. The molecule has 4 nitrogen and oxygen atoms in total. The number of thiazole rings is 1. The number of fused-ring (bicyclic) bond motifs is 3. The Labute approximate surface area is 158 Å². The number of aryl methyl sites for hydroxylation is 2. The summed E-state index contributed by atoms with van der Waals surface area (Å²) in [6.07, 6.45) is 3.76. The molecule has 1 fully saturated rings. The Balaban J connectivity index is 1.83. The van der Waals surface area contributed by atoms with Crippen LogP contribution >= 0.6 is 11.3 Å². The SMILES string of the molecule is CC[C@@]12C[C@@](C)(O)[C@@](O)(c3nc(C)cs3)C[C@H]1CCc1cc(O)ccc12. The average molecular weight is 374 g/mol. The van der Waals surface area contributed by atoms with E-state index in [1.807, 2.05) is 24.4 Å². The zero-order chi connectivity index (χ0) is 18.7. The van der Waals surface area contributed by atoms with Crippen molar-refractivity contribution in [3.05, 3.63) is 45.4 Å². The number of phenolic OH excluding ortho intramolecular Hbond substituents is 1. The second kappa shape index (κ2) is 5.78. The van der Waals surface area contributed by atoms with Crippen molar-refractivity contribution in [2.75, 3.05) is 0 Å². The summed E-state index contributed by atoms with van der Waals surface area (Å²) in [5, 5.41) is 35.5. The van der Waals surface area contributed by atoms with Gasteiger partial charge in [0.2, 0.25) is 0 Å². The number of rotatable bonds is 2. The lowest BCUT2D eigenvalue weighted by molar-refractivity contribution is -0.205. The Morgan fingerprint density at radius 3 is 2.73 bits per heavy atom. The molecule has 26 heavy (non-hydrogen) atoms. The summed E-state index contributed by atoms with van der Waals surface area (Å²) in [5.74, 6) is 0.574. The predicted molar refractivity (Wildman–Crippen MR) is 102 cm³/mol. The molecule has 0 amide bonds. The number of hydrogen-bond donors (Lipinski definition) is 3. The van der Waals surface area contributed by atoms with Gasteiger partial charge in [-0.2, -0.15) is 0 Å². The van der Waals surface area contributed by atoms with Gasteiger partial charge in [0.25, 0.3) is 0 Å².